The van der Waals surface area contributed by atoms with E-state index in [0.717, 1.165) is 23.5 Å². The molecule has 3 aromatic carbocycles. The number of carbonyl (C=O) groups is 3. The summed E-state index contributed by atoms with van der Waals surface area (Å²) in [5, 5.41) is 17.2. The van der Waals surface area contributed by atoms with E-state index in [9.17, 15) is 19.6 Å². The third-order valence-electron chi connectivity index (χ3n) is 7.50. The van der Waals surface area contributed by atoms with Crippen LogP contribution in [0.1, 0.15) is 26.4 Å². The van der Waals surface area contributed by atoms with Gasteiger partial charge < -0.3 is 14.8 Å². The molecular formula is C33H29N5O5S. The van der Waals surface area contributed by atoms with Crippen molar-refractivity contribution in [2.24, 2.45) is 5.92 Å². The number of aromatic nitrogens is 2. The van der Waals surface area contributed by atoms with Crippen LogP contribution in [0.4, 0.5) is 5.69 Å². The normalized spacial score (nSPS) is 14.9. The molecular weight excluding hydrogens is 578 g/mol. The lowest BCUT2D eigenvalue weighted by molar-refractivity contribution is -0.117. The molecule has 1 N–H and O–H groups in total. The predicted octanol–water partition coefficient (Wildman–Crippen LogP) is 4.60. The van der Waals surface area contributed by atoms with E-state index in [4.69, 9.17) is 9.47 Å². The largest absolute Gasteiger partial charge is 0.461 e. The molecule has 0 saturated carbocycles. The number of nitriles is 1. The Kier molecular flexibility index (Phi) is 8.84. The molecule has 10 nitrogen and oxygen atoms in total. The Bertz CT molecular complexity index is 1730. The van der Waals surface area contributed by atoms with Crippen molar-refractivity contribution in [3.05, 3.63) is 95.7 Å². The lowest BCUT2D eigenvalue weighted by atomic mass is 9.96. The standard InChI is InChI=1S/C33H29N5O5S/c34-20-26(32(40)35-23-7-3-1-4-8-23)31(39)29-27-21-44-28-12-11-22(33(41)43-18-15-37-13-16-42-17-14-37)19-25(28)30(27)38(36-29)24-9-5-2-6-10-24/h1-12,19,26H,13-18,21H2,(H,35,40). The molecule has 1 fully saturated rings. The van der Waals surface area contributed by atoms with E-state index in [0.29, 0.717) is 53.7 Å². The molecule has 0 aliphatic carbocycles. The van der Waals surface area contributed by atoms with Gasteiger partial charge in [-0.2, -0.15) is 10.4 Å². The Hall–Kier alpha value is -4.76. The predicted molar refractivity (Wildman–Crippen MR) is 165 cm³/mol. The topological polar surface area (TPSA) is 127 Å². The average Bonchev–Trinajstić information content (AvgIpc) is 3.46. The van der Waals surface area contributed by atoms with Crippen LogP contribution in [0, 0.1) is 17.2 Å². The Morgan fingerprint density at radius 3 is 2.48 bits per heavy atom. The lowest BCUT2D eigenvalue weighted by Gasteiger charge is -2.26. The maximum atomic E-state index is 13.8. The Morgan fingerprint density at radius 1 is 1.02 bits per heavy atom. The molecule has 6 rings (SSSR count). The summed E-state index contributed by atoms with van der Waals surface area (Å²) in [6.45, 7) is 3.85. The number of fused-ring (bicyclic) bond motifs is 3. The summed E-state index contributed by atoms with van der Waals surface area (Å²) in [7, 11) is 0. The molecule has 222 valence electrons. The van der Waals surface area contributed by atoms with Gasteiger partial charge in [0, 0.05) is 47.1 Å². The number of hydrogen-bond donors (Lipinski definition) is 1. The number of para-hydroxylation sites is 2. The Morgan fingerprint density at radius 2 is 1.75 bits per heavy atom. The van der Waals surface area contributed by atoms with Crippen molar-refractivity contribution < 1.29 is 23.9 Å². The molecule has 2 aliphatic rings. The van der Waals surface area contributed by atoms with Crippen molar-refractivity contribution in [3.63, 3.8) is 0 Å². The number of Topliss-reactive ketones (excluding diaryl/α,β-unsaturated/α-hetero) is 1. The highest BCUT2D eigenvalue weighted by molar-refractivity contribution is 7.98. The maximum absolute atomic E-state index is 13.8. The summed E-state index contributed by atoms with van der Waals surface area (Å²) < 4.78 is 12.6. The lowest BCUT2D eigenvalue weighted by Crippen LogP contribution is -2.38. The number of hydrogen-bond acceptors (Lipinski definition) is 9. The van der Waals surface area contributed by atoms with Crippen molar-refractivity contribution in [1.82, 2.24) is 14.7 Å². The van der Waals surface area contributed by atoms with Gasteiger partial charge in [0.2, 0.25) is 11.7 Å². The van der Waals surface area contributed by atoms with Crippen molar-refractivity contribution in [3.8, 4) is 23.0 Å². The quantitative estimate of drug-likeness (QED) is 0.165. The van der Waals surface area contributed by atoms with Gasteiger partial charge in [0.1, 0.15) is 12.3 Å². The number of morpholine rings is 1. The van der Waals surface area contributed by atoms with E-state index in [1.807, 2.05) is 42.5 Å². The summed E-state index contributed by atoms with van der Waals surface area (Å²) >= 11 is 1.50. The van der Waals surface area contributed by atoms with Crippen LogP contribution in [0.15, 0.2) is 83.8 Å². The van der Waals surface area contributed by atoms with Crippen LogP contribution >= 0.6 is 11.8 Å². The van der Waals surface area contributed by atoms with Crippen LogP contribution in [0.5, 0.6) is 0 Å². The minimum atomic E-state index is -1.60. The molecule has 11 heteroatoms. The van der Waals surface area contributed by atoms with Crippen molar-refractivity contribution in [1.29, 1.82) is 5.26 Å². The van der Waals surface area contributed by atoms with Gasteiger partial charge in [0.25, 0.3) is 0 Å². The van der Waals surface area contributed by atoms with Crippen molar-refractivity contribution in [2.75, 3.05) is 44.8 Å². The molecule has 1 atom stereocenters. The number of esters is 1. The summed E-state index contributed by atoms with van der Waals surface area (Å²) in [5.74, 6) is -3.05. The fourth-order valence-corrected chi connectivity index (χ4v) is 6.27. The number of rotatable bonds is 9. The maximum Gasteiger partial charge on any atom is 0.338 e. The smallest absolute Gasteiger partial charge is 0.338 e. The molecule has 0 bridgehead atoms. The highest BCUT2D eigenvalue weighted by atomic mass is 32.2. The zero-order valence-corrected chi connectivity index (χ0v) is 24.6. The van der Waals surface area contributed by atoms with Gasteiger partial charge in [0.15, 0.2) is 5.92 Å². The van der Waals surface area contributed by atoms with Gasteiger partial charge >= 0.3 is 5.97 Å². The third-order valence-corrected chi connectivity index (χ3v) is 8.60. The number of amides is 1. The van der Waals surface area contributed by atoms with E-state index in [1.165, 1.54) is 11.8 Å². The van der Waals surface area contributed by atoms with E-state index in [1.54, 1.807) is 47.1 Å². The summed E-state index contributed by atoms with van der Waals surface area (Å²) in [5.41, 5.74) is 3.56. The fraction of sp³-hybridized carbons (Fsp3) is 0.242. The molecule has 2 aliphatic heterocycles. The third kappa shape index (κ3) is 6.14. The van der Waals surface area contributed by atoms with E-state index in [2.05, 4.69) is 15.3 Å². The van der Waals surface area contributed by atoms with E-state index in [-0.39, 0.29) is 12.3 Å². The number of anilines is 1. The summed E-state index contributed by atoms with van der Waals surface area (Å²) in [6, 6.07) is 25.2. The molecule has 1 unspecified atom stereocenters. The van der Waals surface area contributed by atoms with Gasteiger partial charge in [-0.05, 0) is 42.5 Å². The first-order valence-corrected chi connectivity index (χ1v) is 15.2. The number of ether oxygens (including phenoxy) is 2. The number of ketones is 1. The van der Waals surface area contributed by atoms with Gasteiger partial charge in [-0.3, -0.25) is 14.5 Å². The summed E-state index contributed by atoms with van der Waals surface area (Å²) in [4.78, 5) is 43.0. The van der Waals surface area contributed by atoms with E-state index >= 15 is 0 Å². The minimum Gasteiger partial charge on any atom is -0.461 e. The van der Waals surface area contributed by atoms with Crippen LogP contribution in [-0.2, 0) is 20.0 Å². The van der Waals surface area contributed by atoms with Crippen LogP contribution in [0.25, 0.3) is 16.9 Å². The number of carbonyl (C=O) groups excluding carboxylic acids is 3. The first-order chi connectivity index (χ1) is 21.5. The highest BCUT2D eigenvalue weighted by Crippen LogP contribution is 2.44. The minimum absolute atomic E-state index is 0.0512. The second-order valence-electron chi connectivity index (χ2n) is 10.3. The van der Waals surface area contributed by atoms with Crippen LogP contribution in [0.3, 0.4) is 0 Å². The molecule has 3 heterocycles. The zero-order valence-electron chi connectivity index (χ0n) is 23.8. The second kappa shape index (κ2) is 13.3. The van der Waals surface area contributed by atoms with Crippen molar-refractivity contribution >= 4 is 35.1 Å². The molecule has 4 aromatic rings. The summed E-state index contributed by atoms with van der Waals surface area (Å²) in [6.07, 6.45) is 0. The van der Waals surface area contributed by atoms with Gasteiger partial charge in [-0.15, -0.1) is 11.8 Å². The monoisotopic (exact) mass is 607 g/mol. The zero-order chi connectivity index (χ0) is 30.5. The fourth-order valence-electron chi connectivity index (χ4n) is 5.22. The molecule has 0 spiro atoms. The number of nitrogens with zero attached hydrogens (tertiary/aromatic N) is 4. The average molecular weight is 608 g/mol. The highest BCUT2D eigenvalue weighted by Gasteiger charge is 2.36. The Labute approximate surface area is 258 Å². The van der Waals surface area contributed by atoms with Gasteiger partial charge in [-0.25, -0.2) is 9.48 Å². The van der Waals surface area contributed by atoms with Gasteiger partial charge in [0.05, 0.1) is 36.2 Å². The molecule has 1 aromatic heterocycles. The first-order valence-electron chi connectivity index (χ1n) is 14.2. The molecule has 1 saturated heterocycles. The van der Waals surface area contributed by atoms with Crippen molar-refractivity contribution in [2.45, 2.75) is 10.6 Å². The molecule has 44 heavy (non-hydrogen) atoms. The number of benzene rings is 3. The van der Waals surface area contributed by atoms with Crippen LogP contribution in [-0.4, -0.2) is 71.8 Å². The number of thioether (sulfide) groups is 1. The van der Waals surface area contributed by atoms with Crippen LogP contribution < -0.4 is 5.32 Å². The van der Waals surface area contributed by atoms with Crippen LogP contribution in [0.2, 0.25) is 0 Å². The molecule has 1 amide bonds. The SMILES string of the molecule is N#CC(C(=O)Nc1ccccc1)C(=O)c1nn(-c2ccccc2)c2c1CSc1ccc(C(=O)OCCN3CCOCC3)cc1-2. The second-order valence-corrected chi connectivity index (χ2v) is 11.3. The molecule has 0 radical (unpaired) electrons. The first kappa shape index (κ1) is 29.3. The Balaban J connectivity index is 1.32. The van der Waals surface area contributed by atoms with E-state index < -0.39 is 23.6 Å². The van der Waals surface area contributed by atoms with Gasteiger partial charge in [-0.1, -0.05) is 36.4 Å². The number of nitrogens with one attached hydrogen (secondary N) is 1.